The van der Waals surface area contributed by atoms with Crippen molar-refractivity contribution in [3.05, 3.63) is 64.7 Å². The Kier molecular flexibility index (Phi) is 4.90. The van der Waals surface area contributed by atoms with E-state index in [0.717, 1.165) is 22.3 Å². The van der Waals surface area contributed by atoms with Gasteiger partial charge in [0.2, 0.25) is 0 Å². The molecule has 1 N–H and O–H groups in total. The van der Waals surface area contributed by atoms with Crippen molar-refractivity contribution in [3.63, 3.8) is 0 Å². The van der Waals surface area contributed by atoms with E-state index in [9.17, 15) is 5.11 Å². The Morgan fingerprint density at radius 2 is 1.32 bits per heavy atom. The second-order valence-electron chi connectivity index (χ2n) is 9.83. The largest absolute Gasteiger partial charge is 0.507 e. The molecule has 1 aromatic carbocycles. The summed E-state index contributed by atoms with van der Waals surface area (Å²) in [6, 6.07) is 4.24. The second kappa shape index (κ2) is 6.80. The van der Waals surface area contributed by atoms with Gasteiger partial charge in [0, 0.05) is 18.0 Å². The highest BCUT2D eigenvalue weighted by Gasteiger charge is 2.29. The first-order chi connectivity index (χ1) is 12.9. The lowest BCUT2D eigenvalue weighted by Crippen LogP contribution is -2.24. The zero-order valence-corrected chi connectivity index (χ0v) is 18.3. The number of aromatic nitrogens is 4. The molecule has 2 heterocycles. The van der Waals surface area contributed by atoms with Crippen molar-refractivity contribution in [1.82, 2.24) is 19.6 Å². The van der Waals surface area contributed by atoms with Crippen molar-refractivity contribution in [1.29, 1.82) is 0 Å². The van der Waals surface area contributed by atoms with E-state index >= 15 is 0 Å². The molecule has 0 saturated heterocycles. The molecule has 0 fully saturated rings. The number of aromatic hydroxyl groups is 1. The van der Waals surface area contributed by atoms with Crippen LogP contribution in [0.15, 0.2) is 36.9 Å². The Hall–Kier alpha value is -2.56. The van der Waals surface area contributed by atoms with Crippen LogP contribution >= 0.6 is 0 Å². The molecule has 5 nitrogen and oxygen atoms in total. The van der Waals surface area contributed by atoms with E-state index in [1.54, 1.807) is 0 Å². The number of benzene rings is 1. The fourth-order valence-corrected chi connectivity index (χ4v) is 3.40. The smallest absolute Gasteiger partial charge is 0.172 e. The van der Waals surface area contributed by atoms with Crippen LogP contribution in [0.3, 0.4) is 0 Å². The minimum Gasteiger partial charge on any atom is -0.507 e. The van der Waals surface area contributed by atoms with Crippen molar-refractivity contribution >= 4 is 0 Å². The molecule has 150 valence electrons. The van der Waals surface area contributed by atoms with Crippen molar-refractivity contribution < 1.29 is 5.11 Å². The van der Waals surface area contributed by atoms with Crippen LogP contribution in [0.1, 0.15) is 75.5 Å². The van der Waals surface area contributed by atoms with Gasteiger partial charge in [-0.2, -0.15) is 10.2 Å². The summed E-state index contributed by atoms with van der Waals surface area (Å²) < 4.78 is 3.74. The van der Waals surface area contributed by atoms with Crippen LogP contribution in [-0.2, 0) is 10.8 Å². The Morgan fingerprint density at radius 1 is 0.821 bits per heavy atom. The molecular formula is C23H32N4O. The lowest BCUT2D eigenvalue weighted by molar-refractivity contribution is 0.381. The van der Waals surface area contributed by atoms with Gasteiger partial charge < -0.3 is 5.11 Å². The first-order valence-electron chi connectivity index (χ1n) is 9.77. The second-order valence-corrected chi connectivity index (χ2v) is 9.83. The molecule has 0 aliphatic rings. The van der Waals surface area contributed by atoms with E-state index < -0.39 is 0 Å². The molecule has 0 spiro atoms. The number of rotatable bonds is 3. The first-order valence-corrected chi connectivity index (χ1v) is 9.77. The third kappa shape index (κ3) is 3.84. The molecule has 0 saturated carbocycles. The summed E-state index contributed by atoms with van der Waals surface area (Å²) in [5.74, 6) is 0.312. The molecule has 3 rings (SSSR count). The first kappa shape index (κ1) is 20.2. The van der Waals surface area contributed by atoms with Crippen LogP contribution in [0.5, 0.6) is 5.75 Å². The Balaban J connectivity index is 2.33. The average molecular weight is 381 g/mol. The maximum Gasteiger partial charge on any atom is 0.172 e. The van der Waals surface area contributed by atoms with Gasteiger partial charge in [0.05, 0.1) is 12.4 Å². The third-order valence-corrected chi connectivity index (χ3v) is 5.05. The van der Waals surface area contributed by atoms with Crippen LogP contribution in [0, 0.1) is 13.8 Å². The predicted octanol–water partition coefficient (Wildman–Crippen LogP) is 5.09. The highest BCUT2D eigenvalue weighted by molar-refractivity contribution is 5.50. The molecule has 0 atom stereocenters. The summed E-state index contributed by atoms with van der Waals surface area (Å²) in [5.41, 5.74) is 4.82. The topological polar surface area (TPSA) is 55.9 Å². The lowest BCUT2D eigenvalue weighted by Gasteiger charge is -2.30. The summed E-state index contributed by atoms with van der Waals surface area (Å²) in [5, 5.41) is 20.4. The molecule has 0 bridgehead atoms. The maximum absolute atomic E-state index is 11.3. The summed E-state index contributed by atoms with van der Waals surface area (Å²) >= 11 is 0. The predicted molar refractivity (Wildman–Crippen MR) is 113 cm³/mol. The van der Waals surface area contributed by atoms with Gasteiger partial charge in [0.15, 0.2) is 6.17 Å². The van der Waals surface area contributed by atoms with Gasteiger partial charge in [-0.1, -0.05) is 47.6 Å². The standard InChI is InChI=1S/C23H32N4O/c1-15-11-24-26(13-15)21(27-14-16(2)12-25-27)18-9-17(22(3,4)5)10-19(20(18)28)23(6,7)8/h9-14,21,28H,1-8H3. The maximum atomic E-state index is 11.3. The monoisotopic (exact) mass is 380 g/mol. The molecule has 5 heteroatoms. The molecule has 0 aliphatic heterocycles. The van der Waals surface area contributed by atoms with Crippen molar-refractivity contribution in [2.24, 2.45) is 0 Å². The zero-order valence-electron chi connectivity index (χ0n) is 18.3. The SMILES string of the molecule is Cc1cnn(C(c2cc(C(C)(C)C)cc(C(C)(C)C)c2O)n2cc(C)cn2)c1. The van der Waals surface area contributed by atoms with Crippen LogP contribution in [0.4, 0.5) is 0 Å². The Labute approximate surface area is 168 Å². The fourth-order valence-electron chi connectivity index (χ4n) is 3.40. The van der Waals surface area contributed by atoms with Gasteiger partial charge >= 0.3 is 0 Å². The fraction of sp³-hybridized carbons (Fsp3) is 0.478. The Bertz CT molecular complexity index is 943. The molecule has 0 aliphatic carbocycles. The van der Waals surface area contributed by atoms with Crippen LogP contribution in [0.2, 0.25) is 0 Å². The van der Waals surface area contributed by atoms with Crippen LogP contribution in [-0.4, -0.2) is 24.7 Å². The van der Waals surface area contributed by atoms with Crippen LogP contribution in [0.25, 0.3) is 0 Å². The molecule has 3 aromatic rings. The number of hydrogen-bond donors (Lipinski definition) is 1. The summed E-state index contributed by atoms with van der Waals surface area (Å²) in [4.78, 5) is 0. The normalized spacial score (nSPS) is 12.8. The van der Waals surface area contributed by atoms with Crippen LogP contribution < -0.4 is 0 Å². The quantitative estimate of drug-likeness (QED) is 0.688. The highest BCUT2D eigenvalue weighted by Crippen LogP contribution is 2.41. The number of hydrogen-bond acceptors (Lipinski definition) is 3. The van der Waals surface area contributed by atoms with Crippen molar-refractivity contribution in [3.8, 4) is 5.75 Å². The number of phenolic OH excluding ortho intramolecular Hbond substituents is 1. The zero-order chi connectivity index (χ0) is 20.9. The van der Waals surface area contributed by atoms with Gasteiger partial charge in [0.1, 0.15) is 5.75 Å². The summed E-state index contributed by atoms with van der Waals surface area (Å²) in [6.07, 6.45) is 7.28. The van der Waals surface area contributed by atoms with E-state index in [2.05, 4.69) is 63.9 Å². The average Bonchev–Trinajstić information content (AvgIpc) is 3.16. The minimum atomic E-state index is -0.356. The Morgan fingerprint density at radius 3 is 1.68 bits per heavy atom. The number of aryl methyl sites for hydroxylation is 2. The van der Waals surface area contributed by atoms with Gasteiger partial charge in [-0.3, -0.25) is 0 Å². The van der Waals surface area contributed by atoms with E-state index in [1.165, 1.54) is 5.56 Å². The summed E-state index contributed by atoms with van der Waals surface area (Å²) in [7, 11) is 0. The lowest BCUT2D eigenvalue weighted by atomic mass is 9.78. The van der Waals surface area contributed by atoms with Crippen molar-refractivity contribution in [2.45, 2.75) is 72.4 Å². The molecular weight excluding hydrogens is 348 g/mol. The van der Waals surface area contributed by atoms with E-state index in [4.69, 9.17) is 0 Å². The van der Waals surface area contributed by atoms with Crippen molar-refractivity contribution in [2.75, 3.05) is 0 Å². The molecule has 0 amide bonds. The van der Waals surface area contributed by atoms with Gasteiger partial charge in [-0.25, -0.2) is 9.36 Å². The molecule has 28 heavy (non-hydrogen) atoms. The molecule has 0 unspecified atom stereocenters. The van der Waals surface area contributed by atoms with E-state index in [1.807, 2.05) is 48.0 Å². The van der Waals surface area contributed by atoms with Gasteiger partial charge in [-0.05, 0) is 53.0 Å². The molecule has 0 radical (unpaired) electrons. The van der Waals surface area contributed by atoms with E-state index in [0.29, 0.717) is 5.75 Å². The van der Waals surface area contributed by atoms with E-state index in [-0.39, 0.29) is 17.0 Å². The summed E-state index contributed by atoms with van der Waals surface area (Å²) in [6.45, 7) is 17.0. The minimum absolute atomic E-state index is 0.0485. The van der Waals surface area contributed by atoms with Gasteiger partial charge in [-0.15, -0.1) is 0 Å². The molecule has 2 aromatic heterocycles. The highest BCUT2D eigenvalue weighted by atomic mass is 16.3. The number of phenols is 1. The van der Waals surface area contributed by atoms with Gasteiger partial charge in [0.25, 0.3) is 0 Å². The third-order valence-electron chi connectivity index (χ3n) is 5.05. The number of nitrogens with zero attached hydrogens (tertiary/aromatic N) is 4.